The van der Waals surface area contributed by atoms with Crippen molar-refractivity contribution in [1.29, 1.82) is 0 Å². The summed E-state index contributed by atoms with van der Waals surface area (Å²) in [7, 11) is 0. The van der Waals surface area contributed by atoms with Gasteiger partial charge in [-0.25, -0.2) is 4.39 Å². The third-order valence-corrected chi connectivity index (χ3v) is 2.00. The number of aliphatic hydroxyl groups is 1. The smallest absolute Gasteiger partial charge is 0.123 e. The molecule has 1 aromatic carbocycles. The summed E-state index contributed by atoms with van der Waals surface area (Å²) >= 11 is 0. The molecule has 2 nitrogen and oxygen atoms in total. The second kappa shape index (κ2) is 5.12. The van der Waals surface area contributed by atoms with E-state index in [1.165, 1.54) is 12.1 Å². The lowest BCUT2D eigenvalue weighted by molar-refractivity contribution is 0.238. The van der Waals surface area contributed by atoms with Crippen LogP contribution in [0.1, 0.15) is 26.3 Å². The second-order valence-corrected chi connectivity index (χ2v) is 3.75. The Morgan fingerprint density at radius 1 is 1.47 bits per heavy atom. The predicted octanol–water partition coefficient (Wildman–Crippen LogP) is 2.55. The van der Waals surface area contributed by atoms with E-state index in [2.05, 4.69) is 0 Å². The van der Waals surface area contributed by atoms with Crippen molar-refractivity contribution in [2.75, 3.05) is 6.61 Å². The fraction of sp³-hybridized carbons (Fsp3) is 0.417. The van der Waals surface area contributed by atoms with Crippen molar-refractivity contribution in [3.63, 3.8) is 0 Å². The number of ether oxygens (including phenoxy) is 1. The van der Waals surface area contributed by atoms with Gasteiger partial charge >= 0.3 is 0 Å². The van der Waals surface area contributed by atoms with Crippen molar-refractivity contribution in [1.82, 2.24) is 0 Å². The molecule has 83 valence electrons. The van der Waals surface area contributed by atoms with E-state index in [9.17, 15) is 4.39 Å². The fourth-order valence-corrected chi connectivity index (χ4v) is 1.28. The molecule has 0 aliphatic carbocycles. The maximum Gasteiger partial charge on any atom is 0.123 e. The highest BCUT2D eigenvalue weighted by Gasteiger charge is 2.13. The van der Waals surface area contributed by atoms with Crippen LogP contribution >= 0.6 is 0 Å². The van der Waals surface area contributed by atoms with Crippen LogP contribution < -0.4 is 4.74 Å². The number of hydrogen-bond donors (Lipinski definition) is 1. The average Bonchev–Trinajstić information content (AvgIpc) is 2.19. The minimum Gasteiger partial charge on any atom is -0.491 e. The quantitative estimate of drug-likeness (QED) is 0.829. The first-order valence-electron chi connectivity index (χ1n) is 4.94. The average molecular weight is 211 g/mol. The predicted molar refractivity (Wildman–Crippen MR) is 57.3 cm³/mol. The highest BCUT2D eigenvalue weighted by Crippen LogP contribution is 2.27. The molecule has 0 unspecified atom stereocenters. The zero-order chi connectivity index (χ0) is 11.4. The Hall–Kier alpha value is -1.09. The van der Waals surface area contributed by atoms with E-state index >= 15 is 0 Å². The maximum atomic E-state index is 13.0. The van der Waals surface area contributed by atoms with Gasteiger partial charge in [0.1, 0.15) is 11.6 Å². The highest BCUT2D eigenvalue weighted by atomic mass is 19.1. The van der Waals surface area contributed by atoms with Crippen molar-refractivity contribution in [2.24, 2.45) is 0 Å². The topological polar surface area (TPSA) is 29.5 Å². The molecular formula is C12H16FO2. The lowest BCUT2D eigenvalue weighted by Crippen LogP contribution is -2.10. The van der Waals surface area contributed by atoms with E-state index in [1.54, 1.807) is 13.0 Å². The molecule has 1 rings (SSSR count). The lowest BCUT2D eigenvalue weighted by atomic mass is 10.0. The van der Waals surface area contributed by atoms with Crippen molar-refractivity contribution in [3.8, 4) is 5.75 Å². The Bertz CT molecular complexity index is 323. The fourth-order valence-electron chi connectivity index (χ4n) is 1.28. The molecule has 1 N–H and O–H groups in total. The van der Waals surface area contributed by atoms with Crippen LogP contribution in [0.2, 0.25) is 0 Å². The van der Waals surface area contributed by atoms with Gasteiger partial charge in [0.25, 0.3) is 0 Å². The van der Waals surface area contributed by atoms with Crippen molar-refractivity contribution in [2.45, 2.75) is 26.9 Å². The van der Waals surface area contributed by atoms with E-state index in [1.807, 2.05) is 13.8 Å². The van der Waals surface area contributed by atoms with E-state index < -0.39 is 0 Å². The Kier molecular flexibility index (Phi) is 4.09. The first kappa shape index (κ1) is 12.0. The highest BCUT2D eigenvalue weighted by molar-refractivity contribution is 5.43. The van der Waals surface area contributed by atoms with Gasteiger partial charge in [-0.2, -0.15) is 0 Å². The number of rotatable bonds is 4. The first-order valence-corrected chi connectivity index (χ1v) is 4.94. The SMILES string of the molecule is C[C](CO)c1cc(F)ccc1OC(C)C. The molecule has 0 aromatic heterocycles. The van der Waals surface area contributed by atoms with E-state index in [-0.39, 0.29) is 18.5 Å². The molecule has 3 heteroatoms. The van der Waals surface area contributed by atoms with Gasteiger partial charge in [0.05, 0.1) is 12.7 Å². The Balaban J connectivity index is 3.02. The van der Waals surface area contributed by atoms with Crippen LogP contribution in [0.4, 0.5) is 4.39 Å². The monoisotopic (exact) mass is 211 g/mol. The normalized spacial score (nSPS) is 11.1. The van der Waals surface area contributed by atoms with Crippen molar-refractivity contribution >= 4 is 0 Å². The molecule has 0 atom stereocenters. The van der Waals surface area contributed by atoms with Crippen LogP contribution in [-0.4, -0.2) is 17.8 Å². The summed E-state index contributed by atoms with van der Waals surface area (Å²) in [5.41, 5.74) is 0.631. The molecule has 0 spiro atoms. The summed E-state index contributed by atoms with van der Waals surface area (Å²) < 4.78 is 18.6. The Morgan fingerprint density at radius 2 is 2.13 bits per heavy atom. The van der Waals surface area contributed by atoms with E-state index in [0.717, 1.165) is 0 Å². The maximum absolute atomic E-state index is 13.0. The Labute approximate surface area is 89.7 Å². The number of halogens is 1. The van der Waals surface area contributed by atoms with Crippen LogP contribution in [0.15, 0.2) is 18.2 Å². The molecule has 0 saturated heterocycles. The van der Waals surface area contributed by atoms with E-state index in [0.29, 0.717) is 17.2 Å². The summed E-state index contributed by atoms with van der Waals surface area (Å²) in [6.45, 7) is 5.46. The molecule has 15 heavy (non-hydrogen) atoms. The van der Waals surface area contributed by atoms with Crippen molar-refractivity contribution in [3.05, 3.63) is 35.5 Å². The molecule has 1 radical (unpaired) electrons. The number of hydrogen-bond acceptors (Lipinski definition) is 2. The molecular weight excluding hydrogens is 195 g/mol. The minimum atomic E-state index is -0.325. The summed E-state index contributed by atoms with van der Waals surface area (Å²) in [5, 5.41) is 9.02. The van der Waals surface area contributed by atoms with Crippen LogP contribution in [0.5, 0.6) is 5.75 Å². The van der Waals surface area contributed by atoms with Crippen molar-refractivity contribution < 1.29 is 14.2 Å². The van der Waals surface area contributed by atoms with Gasteiger partial charge in [-0.15, -0.1) is 0 Å². The first-order chi connectivity index (χ1) is 7.04. The van der Waals surface area contributed by atoms with Gasteiger partial charge in [-0.05, 0) is 32.0 Å². The van der Waals surface area contributed by atoms with Crippen LogP contribution in [-0.2, 0) is 0 Å². The van der Waals surface area contributed by atoms with Crippen LogP contribution in [0, 0.1) is 11.7 Å². The van der Waals surface area contributed by atoms with Crippen LogP contribution in [0.3, 0.4) is 0 Å². The Morgan fingerprint density at radius 3 is 2.67 bits per heavy atom. The van der Waals surface area contributed by atoms with Gasteiger partial charge < -0.3 is 9.84 Å². The van der Waals surface area contributed by atoms with Crippen LogP contribution in [0.25, 0.3) is 0 Å². The third kappa shape index (κ3) is 3.20. The zero-order valence-corrected chi connectivity index (χ0v) is 9.25. The van der Waals surface area contributed by atoms with E-state index in [4.69, 9.17) is 9.84 Å². The largest absolute Gasteiger partial charge is 0.491 e. The molecule has 0 aliphatic heterocycles. The summed E-state index contributed by atoms with van der Waals surface area (Å²) in [5.74, 6) is 0.983. The standard InChI is InChI=1S/C12H16FO2/c1-8(2)15-12-5-4-10(13)6-11(12)9(3)7-14/h4-6,8,14H,7H2,1-3H3. The summed E-state index contributed by atoms with van der Waals surface area (Å²) in [4.78, 5) is 0. The zero-order valence-electron chi connectivity index (χ0n) is 9.25. The van der Waals surface area contributed by atoms with Gasteiger partial charge in [-0.3, -0.25) is 0 Å². The number of benzene rings is 1. The summed E-state index contributed by atoms with van der Waals surface area (Å²) in [6.07, 6.45) is 0.0284. The lowest BCUT2D eigenvalue weighted by Gasteiger charge is -2.17. The number of aliphatic hydroxyl groups excluding tert-OH is 1. The molecule has 0 heterocycles. The molecule has 0 amide bonds. The van der Waals surface area contributed by atoms with Gasteiger partial charge in [0.2, 0.25) is 0 Å². The molecule has 0 saturated carbocycles. The second-order valence-electron chi connectivity index (χ2n) is 3.75. The van der Waals surface area contributed by atoms with Gasteiger partial charge in [-0.1, -0.05) is 6.92 Å². The van der Waals surface area contributed by atoms with Gasteiger partial charge in [0, 0.05) is 11.5 Å². The molecule has 0 bridgehead atoms. The molecule has 0 fully saturated rings. The minimum absolute atomic E-state index is 0.0284. The van der Waals surface area contributed by atoms with Gasteiger partial charge in [0.15, 0.2) is 0 Å². The molecule has 0 aliphatic rings. The molecule has 1 aromatic rings. The third-order valence-electron chi connectivity index (χ3n) is 2.00. The summed E-state index contributed by atoms with van der Waals surface area (Å²) in [6, 6.07) is 4.32.